The normalized spacial score (nSPS) is 18.7. The number of hydrogen-bond donors (Lipinski definition) is 1. The van der Waals surface area contributed by atoms with E-state index in [9.17, 15) is 4.79 Å². The van der Waals surface area contributed by atoms with Crippen LogP contribution in [-0.4, -0.2) is 45.7 Å². The van der Waals surface area contributed by atoms with Gasteiger partial charge in [-0.15, -0.1) is 0 Å². The molecule has 6 nitrogen and oxygen atoms in total. The Morgan fingerprint density at radius 1 is 1.58 bits per heavy atom. The maximum atomic E-state index is 11.7. The molecule has 2 rings (SSSR count). The van der Waals surface area contributed by atoms with Gasteiger partial charge in [0, 0.05) is 32.0 Å². The fraction of sp³-hybridized carbons (Fsp3) is 0.692. The Morgan fingerprint density at radius 2 is 2.37 bits per heavy atom. The summed E-state index contributed by atoms with van der Waals surface area (Å²) >= 11 is 0. The van der Waals surface area contributed by atoms with E-state index in [1.165, 1.54) is 0 Å². The fourth-order valence-electron chi connectivity index (χ4n) is 2.20. The van der Waals surface area contributed by atoms with Crippen molar-refractivity contribution in [2.75, 3.05) is 19.7 Å². The van der Waals surface area contributed by atoms with Crippen molar-refractivity contribution in [1.82, 2.24) is 14.5 Å². The predicted octanol–water partition coefficient (Wildman–Crippen LogP) is 0.369. The summed E-state index contributed by atoms with van der Waals surface area (Å²) < 4.78 is 7.15. The van der Waals surface area contributed by atoms with E-state index in [1.807, 2.05) is 12.4 Å². The number of ether oxygens (including phenoxy) is 1. The minimum absolute atomic E-state index is 0.325. The van der Waals surface area contributed by atoms with Crippen LogP contribution in [-0.2, 0) is 22.6 Å². The Bertz CT molecular complexity index is 442. The minimum atomic E-state index is -0.914. The van der Waals surface area contributed by atoms with Crippen LogP contribution in [0.5, 0.6) is 0 Å². The highest BCUT2D eigenvalue weighted by Gasteiger charge is 2.30. The topological polar surface area (TPSA) is 73.4 Å². The molecule has 1 atom stereocenters. The number of imidazole rings is 1. The lowest BCUT2D eigenvalue weighted by molar-refractivity contribution is -0.149. The van der Waals surface area contributed by atoms with Crippen molar-refractivity contribution in [3.63, 3.8) is 0 Å². The Labute approximate surface area is 113 Å². The van der Waals surface area contributed by atoms with E-state index in [-0.39, 0.29) is 5.97 Å². The third kappa shape index (κ3) is 3.33. The molecule has 2 N–H and O–H groups in total. The molecule has 1 aromatic heterocycles. The summed E-state index contributed by atoms with van der Waals surface area (Å²) in [5, 5.41) is 0. The average molecular weight is 266 g/mol. The number of fused-ring (bicyclic) bond motifs is 1. The molecule has 1 aliphatic rings. The van der Waals surface area contributed by atoms with Crippen molar-refractivity contribution in [2.45, 2.75) is 38.9 Å². The van der Waals surface area contributed by atoms with Crippen LogP contribution in [0, 0.1) is 0 Å². The van der Waals surface area contributed by atoms with Gasteiger partial charge in [-0.1, -0.05) is 0 Å². The van der Waals surface area contributed by atoms with E-state index in [4.69, 9.17) is 10.5 Å². The van der Waals surface area contributed by atoms with Gasteiger partial charge in [0.05, 0.1) is 13.2 Å². The second-order valence-electron chi connectivity index (χ2n) is 5.20. The zero-order valence-electron chi connectivity index (χ0n) is 11.6. The fourth-order valence-corrected chi connectivity index (χ4v) is 2.20. The number of carbonyl (C=O) groups excluding carboxylic acids is 1. The first-order valence-electron chi connectivity index (χ1n) is 6.71. The summed E-state index contributed by atoms with van der Waals surface area (Å²) in [5.74, 6) is 0.745. The standard InChI is InChI=1S/C13H22N4O2/c1-3-19-12(18)13(2,14)4-6-16-8-9-17-7-5-15-11(17)10-16/h5,7H,3-4,6,8-10,14H2,1-2H3. The second-order valence-corrected chi connectivity index (χ2v) is 5.20. The molecule has 6 heteroatoms. The molecule has 0 aromatic carbocycles. The van der Waals surface area contributed by atoms with E-state index in [1.54, 1.807) is 13.8 Å². The summed E-state index contributed by atoms with van der Waals surface area (Å²) in [5.41, 5.74) is 5.10. The predicted molar refractivity (Wildman–Crippen MR) is 71.3 cm³/mol. The number of nitrogens with zero attached hydrogens (tertiary/aromatic N) is 3. The van der Waals surface area contributed by atoms with Crippen LogP contribution in [0.3, 0.4) is 0 Å². The molecule has 1 aliphatic heterocycles. The monoisotopic (exact) mass is 266 g/mol. The number of carbonyl (C=O) groups is 1. The lowest BCUT2D eigenvalue weighted by Crippen LogP contribution is -2.49. The van der Waals surface area contributed by atoms with Gasteiger partial charge in [-0.2, -0.15) is 0 Å². The summed E-state index contributed by atoms with van der Waals surface area (Å²) in [6.07, 6.45) is 4.41. The van der Waals surface area contributed by atoms with E-state index in [0.717, 1.165) is 32.0 Å². The largest absolute Gasteiger partial charge is 0.465 e. The molecular weight excluding hydrogens is 244 g/mol. The minimum Gasteiger partial charge on any atom is -0.465 e. The molecule has 0 bridgehead atoms. The summed E-state index contributed by atoms with van der Waals surface area (Å²) in [7, 11) is 0. The first-order valence-corrected chi connectivity index (χ1v) is 6.71. The van der Waals surface area contributed by atoms with Crippen molar-refractivity contribution in [3.8, 4) is 0 Å². The van der Waals surface area contributed by atoms with Crippen LogP contribution in [0.2, 0.25) is 0 Å². The van der Waals surface area contributed by atoms with Gasteiger partial charge in [0.2, 0.25) is 0 Å². The quantitative estimate of drug-likeness (QED) is 0.779. The van der Waals surface area contributed by atoms with Crippen molar-refractivity contribution in [2.24, 2.45) is 5.73 Å². The number of aromatic nitrogens is 2. The summed E-state index contributed by atoms with van der Waals surface area (Å²) in [4.78, 5) is 18.3. The maximum Gasteiger partial charge on any atom is 0.325 e. The molecule has 0 spiro atoms. The van der Waals surface area contributed by atoms with Gasteiger partial charge in [-0.3, -0.25) is 9.69 Å². The number of esters is 1. The van der Waals surface area contributed by atoms with E-state index < -0.39 is 5.54 Å². The van der Waals surface area contributed by atoms with Crippen molar-refractivity contribution >= 4 is 5.97 Å². The van der Waals surface area contributed by atoms with Gasteiger partial charge < -0.3 is 15.0 Å². The van der Waals surface area contributed by atoms with Crippen molar-refractivity contribution in [1.29, 1.82) is 0 Å². The van der Waals surface area contributed by atoms with Gasteiger partial charge in [-0.05, 0) is 20.3 Å². The lowest BCUT2D eigenvalue weighted by atomic mass is 9.99. The average Bonchev–Trinajstić information content (AvgIpc) is 2.84. The molecule has 106 valence electrons. The molecule has 0 fully saturated rings. The highest BCUT2D eigenvalue weighted by atomic mass is 16.5. The van der Waals surface area contributed by atoms with Crippen molar-refractivity contribution < 1.29 is 9.53 Å². The molecule has 0 aliphatic carbocycles. The van der Waals surface area contributed by atoms with Crippen LogP contribution in [0.15, 0.2) is 12.4 Å². The molecule has 2 heterocycles. The van der Waals surface area contributed by atoms with Gasteiger partial charge in [0.1, 0.15) is 11.4 Å². The molecule has 0 saturated carbocycles. The van der Waals surface area contributed by atoms with Crippen LogP contribution >= 0.6 is 0 Å². The molecule has 1 aromatic rings. The maximum absolute atomic E-state index is 11.7. The Morgan fingerprint density at radius 3 is 3.11 bits per heavy atom. The zero-order valence-corrected chi connectivity index (χ0v) is 11.6. The lowest BCUT2D eigenvalue weighted by Gasteiger charge is -2.30. The first-order chi connectivity index (χ1) is 9.03. The van der Waals surface area contributed by atoms with Gasteiger partial charge in [0.15, 0.2) is 0 Å². The molecule has 1 unspecified atom stereocenters. The van der Waals surface area contributed by atoms with Crippen molar-refractivity contribution in [3.05, 3.63) is 18.2 Å². The summed E-state index contributed by atoms with van der Waals surface area (Å²) in [6.45, 7) is 7.38. The first kappa shape index (κ1) is 14.0. The molecule has 0 radical (unpaired) electrons. The van der Waals surface area contributed by atoms with Gasteiger partial charge in [0.25, 0.3) is 0 Å². The van der Waals surface area contributed by atoms with Crippen LogP contribution < -0.4 is 5.73 Å². The van der Waals surface area contributed by atoms with E-state index >= 15 is 0 Å². The number of hydrogen-bond acceptors (Lipinski definition) is 5. The van der Waals surface area contributed by atoms with Crippen LogP contribution in [0.25, 0.3) is 0 Å². The van der Waals surface area contributed by atoms with Crippen LogP contribution in [0.4, 0.5) is 0 Å². The molecule has 0 saturated heterocycles. The third-order valence-corrected chi connectivity index (χ3v) is 3.51. The van der Waals surface area contributed by atoms with Crippen LogP contribution in [0.1, 0.15) is 26.1 Å². The van der Waals surface area contributed by atoms with Gasteiger partial charge >= 0.3 is 5.97 Å². The number of nitrogens with two attached hydrogens (primary N) is 1. The highest BCUT2D eigenvalue weighted by Crippen LogP contribution is 2.14. The summed E-state index contributed by atoms with van der Waals surface area (Å²) in [6, 6.07) is 0. The molecular formula is C13H22N4O2. The second kappa shape index (κ2) is 5.71. The zero-order chi connectivity index (χ0) is 13.9. The Hall–Kier alpha value is -1.40. The smallest absolute Gasteiger partial charge is 0.325 e. The SMILES string of the molecule is CCOC(=O)C(C)(N)CCN1CCn2ccnc2C1. The van der Waals surface area contributed by atoms with Gasteiger partial charge in [-0.25, -0.2) is 4.98 Å². The Kier molecular flexibility index (Phi) is 4.21. The highest BCUT2D eigenvalue weighted by molar-refractivity contribution is 5.79. The van der Waals surface area contributed by atoms with E-state index in [2.05, 4.69) is 14.5 Å². The molecule has 0 amide bonds. The molecule has 19 heavy (non-hydrogen) atoms. The Balaban J connectivity index is 1.85. The number of rotatable bonds is 5. The van der Waals surface area contributed by atoms with E-state index in [0.29, 0.717) is 13.0 Å². The third-order valence-electron chi connectivity index (χ3n) is 3.51.